The van der Waals surface area contributed by atoms with E-state index in [2.05, 4.69) is 19.2 Å². The summed E-state index contributed by atoms with van der Waals surface area (Å²) in [6.07, 6.45) is 2.05. The molecule has 1 fully saturated rings. The topological polar surface area (TPSA) is 41.5 Å². The summed E-state index contributed by atoms with van der Waals surface area (Å²) >= 11 is 1.89. The summed E-state index contributed by atoms with van der Waals surface area (Å²) in [7, 11) is 0. The lowest BCUT2D eigenvalue weighted by atomic mass is 10.2. The standard InChI is InChI=1S/C11H23NO2S/c1-9(2)12-7-10(13)8-15-11-3-5-14-6-4-11/h9-13H,3-8H2,1-2H3. The molecule has 0 aromatic carbocycles. The lowest BCUT2D eigenvalue weighted by molar-refractivity contribution is 0.0998. The van der Waals surface area contributed by atoms with Crippen LogP contribution in [-0.2, 0) is 4.74 Å². The fourth-order valence-electron chi connectivity index (χ4n) is 1.52. The summed E-state index contributed by atoms with van der Waals surface area (Å²) in [5, 5.41) is 13.6. The Labute approximate surface area is 97.0 Å². The van der Waals surface area contributed by atoms with Crippen molar-refractivity contribution in [1.82, 2.24) is 5.32 Å². The molecular weight excluding hydrogens is 210 g/mol. The van der Waals surface area contributed by atoms with Crippen LogP contribution < -0.4 is 5.32 Å². The minimum Gasteiger partial charge on any atom is -0.391 e. The first kappa shape index (κ1) is 13.3. The van der Waals surface area contributed by atoms with E-state index in [1.54, 1.807) is 0 Å². The fourth-order valence-corrected chi connectivity index (χ4v) is 2.66. The molecule has 1 aliphatic heterocycles. The number of rotatable bonds is 6. The summed E-state index contributed by atoms with van der Waals surface area (Å²) in [6, 6.07) is 0.452. The molecule has 0 bridgehead atoms. The van der Waals surface area contributed by atoms with Crippen LogP contribution in [0.3, 0.4) is 0 Å². The van der Waals surface area contributed by atoms with Crippen molar-refractivity contribution in [1.29, 1.82) is 0 Å². The minimum absolute atomic E-state index is 0.222. The van der Waals surface area contributed by atoms with E-state index < -0.39 is 0 Å². The lowest BCUT2D eigenvalue weighted by Gasteiger charge is -2.23. The van der Waals surface area contributed by atoms with Crippen LogP contribution in [0, 0.1) is 0 Å². The molecule has 1 heterocycles. The molecule has 1 aliphatic rings. The van der Waals surface area contributed by atoms with Crippen LogP contribution in [0.15, 0.2) is 0 Å². The van der Waals surface area contributed by atoms with Gasteiger partial charge >= 0.3 is 0 Å². The monoisotopic (exact) mass is 233 g/mol. The second-order valence-corrected chi connectivity index (χ2v) is 5.70. The van der Waals surface area contributed by atoms with E-state index in [9.17, 15) is 5.11 Å². The normalized spacial score (nSPS) is 20.8. The van der Waals surface area contributed by atoms with Crippen molar-refractivity contribution in [3.8, 4) is 0 Å². The molecule has 0 radical (unpaired) electrons. The first-order valence-electron chi connectivity index (χ1n) is 5.79. The number of ether oxygens (including phenoxy) is 1. The van der Waals surface area contributed by atoms with Gasteiger partial charge in [0.05, 0.1) is 6.10 Å². The number of nitrogens with one attached hydrogen (secondary N) is 1. The summed E-state index contributed by atoms with van der Waals surface area (Å²) in [4.78, 5) is 0. The van der Waals surface area contributed by atoms with Crippen LogP contribution >= 0.6 is 11.8 Å². The molecule has 0 spiro atoms. The zero-order valence-electron chi connectivity index (χ0n) is 9.74. The zero-order valence-corrected chi connectivity index (χ0v) is 10.6. The van der Waals surface area contributed by atoms with Crippen molar-refractivity contribution >= 4 is 11.8 Å². The summed E-state index contributed by atoms with van der Waals surface area (Å²) < 4.78 is 5.30. The molecular formula is C11H23NO2S. The molecule has 90 valence electrons. The summed E-state index contributed by atoms with van der Waals surface area (Å²) in [5.41, 5.74) is 0. The fraction of sp³-hybridized carbons (Fsp3) is 1.00. The van der Waals surface area contributed by atoms with Gasteiger partial charge in [-0.1, -0.05) is 13.8 Å². The van der Waals surface area contributed by atoms with Gasteiger partial charge in [0.15, 0.2) is 0 Å². The Hall–Kier alpha value is 0.230. The van der Waals surface area contributed by atoms with Crippen LogP contribution in [0.25, 0.3) is 0 Å². The number of hydrogen-bond acceptors (Lipinski definition) is 4. The molecule has 15 heavy (non-hydrogen) atoms. The maximum Gasteiger partial charge on any atom is 0.0755 e. The average molecular weight is 233 g/mol. The maximum absolute atomic E-state index is 9.71. The Morgan fingerprint density at radius 2 is 2.07 bits per heavy atom. The van der Waals surface area contributed by atoms with Crippen molar-refractivity contribution < 1.29 is 9.84 Å². The highest BCUT2D eigenvalue weighted by atomic mass is 32.2. The van der Waals surface area contributed by atoms with E-state index in [0.29, 0.717) is 17.8 Å². The van der Waals surface area contributed by atoms with Gasteiger partial charge in [0.25, 0.3) is 0 Å². The van der Waals surface area contributed by atoms with Crippen molar-refractivity contribution in [2.24, 2.45) is 0 Å². The molecule has 1 saturated heterocycles. The number of aliphatic hydroxyl groups is 1. The van der Waals surface area contributed by atoms with E-state index in [4.69, 9.17) is 4.74 Å². The van der Waals surface area contributed by atoms with Crippen LogP contribution in [0.4, 0.5) is 0 Å². The van der Waals surface area contributed by atoms with E-state index in [0.717, 1.165) is 31.8 Å². The van der Waals surface area contributed by atoms with Crippen LogP contribution in [0.5, 0.6) is 0 Å². The van der Waals surface area contributed by atoms with Crippen molar-refractivity contribution in [3.63, 3.8) is 0 Å². The first-order chi connectivity index (χ1) is 7.18. The Kier molecular flexibility index (Phi) is 6.64. The molecule has 0 saturated carbocycles. The van der Waals surface area contributed by atoms with Gasteiger partial charge < -0.3 is 15.2 Å². The van der Waals surface area contributed by atoms with Gasteiger partial charge in [-0.3, -0.25) is 0 Å². The third kappa shape index (κ3) is 6.40. The van der Waals surface area contributed by atoms with Crippen molar-refractivity contribution in [2.75, 3.05) is 25.5 Å². The van der Waals surface area contributed by atoms with Gasteiger partial charge in [-0.2, -0.15) is 11.8 Å². The molecule has 0 amide bonds. The molecule has 0 aromatic rings. The predicted molar refractivity (Wildman–Crippen MR) is 65.4 cm³/mol. The molecule has 1 rings (SSSR count). The van der Waals surface area contributed by atoms with E-state index in [1.165, 1.54) is 0 Å². The van der Waals surface area contributed by atoms with Gasteiger partial charge in [0, 0.05) is 36.8 Å². The van der Waals surface area contributed by atoms with Gasteiger partial charge in [0.1, 0.15) is 0 Å². The third-order valence-corrected chi connectivity index (χ3v) is 3.97. The first-order valence-corrected chi connectivity index (χ1v) is 6.84. The number of aliphatic hydroxyl groups excluding tert-OH is 1. The second-order valence-electron chi connectivity index (χ2n) is 4.36. The van der Waals surface area contributed by atoms with Gasteiger partial charge in [-0.15, -0.1) is 0 Å². The Morgan fingerprint density at radius 3 is 2.67 bits per heavy atom. The minimum atomic E-state index is -0.222. The van der Waals surface area contributed by atoms with E-state index in [1.807, 2.05) is 11.8 Å². The highest BCUT2D eigenvalue weighted by Crippen LogP contribution is 2.22. The molecule has 3 nitrogen and oxygen atoms in total. The van der Waals surface area contributed by atoms with Crippen LogP contribution in [-0.4, -0.2) is 48.0 Å². The molecule has 0 aromatic heterocycles. The molecule has 0 aliphatic carbocycles. The smallest absolute Gasteiger partial charge is 0.0755 e. The van der Waals surface area contributed by atoms with Gasteiger partial charge in [-0.25, -0.2) is 0 Å². The number of hydrogen-bond donors (Lipinski definition) is 2. The SMILES string of the molecule is CC(C)NCC(O)CSC1CCOCC1. The maximum atomic E-state index is 9.71. The summed E-state index contributed by atoms with van der Waals surface area (Å²) in [6.45, 7) is 6.67. The Balaban J connectivity index is 2.02. The Bertz CT molecular complexity index is 161. The second kappa shape index (κ2) is 7.49. The zero-order chi connectivity index (χ0) is 11.1. The van der Waals surface area contributed by atoms with E-state index >= 15 is 0 Å². The van der Waals surface area contributed by atoms with E-state index in [-0.39, 0.29) is 6.10 Å². The Morgan fingerprint density at radius 1 is 1.40 bits per heavy atom. The highest BCUT2D eigenvalue weighted by Gasteiger charge is 2.15. The molecule has 4 heteroatoms. The third-order valence-electron chi connectivity index (χ3n) is 2.45. The lowest BCUT2D eigenvalue weighted by Crippen LogP contribution is -2.33. The van der Waals surface area contributed by atoms with Gasteiger partial charge in [0.2, 0.25) is 0 Å². The quantitative estimate of drug-likeness (QED) is 0.725. The van der Waals surface area contributed by atoms with Crippen LogP contribution in [0.2, 0.25) is 0 Å². The molecule has 1 unspecified atom stereocenters. The van der Waals surface area contributed by atoms with Gasteiger partial charge in [-0.05, 0) is 12.8 Å². The number of thioether (sulfide) groups is 1. The largest absolute Gasteiger partial charge is 0.391 e. The summed E-state index contributed by atoms with van der Waals surface area (Å²) in [5.74, 6) is 0.838. The van der Waals surface area contributed by atoms with Crippen molar-refractivity contribution in [3.05, 3.63) is 0 Å². The predicted octanol–water partition coefficient (Wildman–Crippen LogP) is 1.26. The van der Waals surface area contributed by atoms with Crippen molar-refractivity contribution in [2.45, 2.75) is 44.1 Å². The highest BCUT2D eigenvalue weighted by molar-refractivity contribution is 7.99. The molecule has 1 atom stereocenters. The average Bonchev–Trinajstić information content (AvgIpc) is 2.25. The van der Waals surface area contributed by atoms with Crippen LogP contribution in [0.1, 0.15) is 26.7 Å². The molecule has 2 N–H and O–H groups in total.